The predicted molar refractivity (Wildman–Crippen MR) is 84.5 cm³/mol. The second-order valence-electron chi connectivity index (χ2n) is 4.67. The van der Waals surface area contributed by atoms with Crippen LogP contribution in [0.5, 0.6) is 5.75 Å². The predicted octanol–water partition coefficient (Wildman–Crippen LogP) is 3.72. The van der Waals surface area contributed by atoms with Crippen molar-refractivity contribution < 1.29 is 4.74 Å². The van der Waals surface area contributed by atoms with E-state index in [0.29, 0.717) is 6.04 Å². The van der Waals surface area contributed by atoms with Crippen LogP contribution in [0.25, 0.3) is 10.9 Å². The standard InChI is InChI=1S/C15H20N2OS/c1-10-8-13(16-11(2)9-19-4)12-6-5-7-14(18-3)15(12)17-10/h5-8,11H,9H2,1-4H3,(H,16,17). The number of fused-ring (bicyclic) bond motifs is 1. The van der Waals surface area contributed by atoms with Gasteiger partial charge < -0.3 is 10.1 Å². The van der Waals surface area contributed by atoms with Crippen LogP contribution < -0.4 is 10.1 Å². The topological polar surface area (TPSA) is 34.1 Å². The van der Waals surface area contributed by atoms with E-state index in [1.165, 1.54) is 0 Å². The summed E-state index contributed by atoms with van der Waals surface area (Å²) in [4.78, 5) is 4.59. The van der Waals surface area contributed by atoms with Gasteiger partial charge in [0.1, 0.15) is 11.3 Å². The Kier molecular flexibility index (Phi) is 4.53. The van der Waals surface area contributed by atoms with Crippen molar-refractivity contribution in [3.05, 3.63) is 30.0 Å². The molecule has 102 valence electrons. The van der Waals surface area contributed by atoms with Gasteiger partial charge in [-0.2, -0.15) is 11.8 Å². The van der Waals surface area contributed by atoms with E-state index in [0.717, 1.165) is 33.8 Å². The van der Waals surface area contributed by atoms with Gasteiger partial charge in [0.25, 0.3) is 0 Å². The zero-order valence-electron chi connectivity index (χ0n) is 11.9. The molecule has 1 atom stereocenters. The van der Waals surface area contributed by atoms with Crippen LogP contribution >= 0.6 is 11.8 Å². The van der Waals surface area contributed by atoms with Gasteiger partial charge in [0.05, 0.1) is 7.11 Å². The van der Waals surface area contributed by atoms with Gasteiger partial charge in [-0.15, -0.1) is 0 Å². The summed E-state index contributed by atoms with van der Waals surface area (Å²) < 4.78 is 5.40. The molecule has 2 rings (SSSR count). The van der Waals surface area contributed by atoms with Crippen molar-refractivity contribution in [2.75, 3.05) is 24.4 Å². The van der Waals surface area contributed by atoms with Crippen LogP contribution in [0.3, 0.4) is 0 Å². The monoisotopic (exact) mass is 276 g/mol. The van der Waals surface area contributed by atoms with Crippen LogP contribution in [0.1, 0.15) is 12.6 Å². The first-order valence-corrected chi connectivity index (χ1v) is 7.75. The fraction of sp³-hybridized carbons (Fsp3) is 0.400. The molecular weight excluding hydrogens is 256 g/mol. The summed E-state index contributed by atoms with van der Waals surface area (Å²) >= 11 is 1.84. The van der Waals surface area contributed by atoms with Gasteiger partial charge in [0.2, 0.25) is 0 Å². The van der Waals surface area contributed by atoms with E-state index >= 15 is 0 Å². The maximum Gasteiger partial charge on any atom is 0.145 e. The van der Waals surface area contributed by atoms with Crippen molar-refractivity contribution in [1.82, 2.24) is 4.98 Å². The van der Waals surface area contributed by atoms with E-state index in [-0.39, 0.29) is 0 Å². The minimum atomic E-state index is 0.422. The molecular formula is C15H20N2OS. The van der Waals surface area contributed by atoms with Crippen LogP contribution in [-0.2, 0) is 0 Å². The number of methoxy groups -OCH3 is 1. The maximum absolute atomic E-state index is 5.40. The summed E-state index contributed by atoms with van der Waals surface area (Å²) in [5.74, 6) is 1.90. The van der Waals surface area contributed by atoms with E-state index in [1.807, 2.05) is 30.8 Å². The summed E-state index contributed by atoms with van der Waals surface area (Å²) in [6.45, 7) is 4.20. The van der Waals surface area contributed by atoms with Crippen LogP contribution in [0.15, 0.2) is 24.3 Å². The molecule has 19 heavy (non-hydrogen) atoms. The molecule has 0 bridgehead atoms. The Balaban J connectivity index is 2.48. The number of nitrogens with zero attached hydrogens (tertiary/aromatic N) is 1. The van der Waals surface area contributed by atoms with Crippen molar-refractivity contribution >= 4 is 28.4 Å². The SMILES string of the molecule is COc1cccc2c(NC(C)CSC)cc(C)nc12. The van der Waals surface area contributed by atoms with Gasteiger partial charge >= 0.3 is 0 Å². The highest BCUT2D eigenvalue weighted by molar-refractivity contribution is 7.98. The Hall–Kier alpha value is -1.42. The molecule has 0 fully saturated rings. The highest BCUT2D eigenvalue weighted by Gasteiger charge is 2.10. The number of thioether (sulfide) groups is 1. The van der Waals surface area contributed by atoms with Crippen LogP contribution in [0, 0.1) is 6.92 Å². The average molecular weight is 276 g/mol. The largest absolute Gasteiger partial charge is 0.494 e. The highest BCUT2D eigenvalue weighted by Crippen LogP contribution is 2.30. The zero-order valence-corrected chi connectivity index (χ0v) is 12.7. The minimum absolute atomic E-state index is 0.422. The third-order valence-corrected chi connectivity index (χ3v) is 3.80. The Labute approximate surface area is 118 Å². The minimum Gasteiger partial charge on any atom is -0.494 e. The van der Waals surface area contributed by atoms with Gasteiger partial charge in [0.15, 0.2) is 0 Å². The molecule has 1 heterocycles. The molecule has 0 aliphatic heterocycles. The molecule has 0 spiro atoms. The van der Waals surface area contributed by atoms with E-state index in [1.54, 1.807) is 7.11 Å². The van der Waals surface area contributed by atoms with Gasteiger partial charge in [-0.25, -0.2) is 4.98 Å². The lowest BCUT2D eigenvalue weighted by Gasteiger charge is -2.17. The number of hydrogen-bond acceptors (Lipinski definition) is 4. The third-order valence-electron chi connectivity index (χ3n) is 2.97. The number of aryl methyl sites for hydroxylation is 1. The van der Waals surface area contributed by atoms with Crippen molar-refractivity contribution in [3.8, 4) is 5.75 Å². The fourth-order valence-corrected chi connectivity index (χ4v) is 2.77. The van der Waals surface area contributed by atoms with Crippen LogP contribution in [0.4, 0.5) is 5.69 Å². The number of anilines is 1. The first-order valence-electron chi connectivity index (χ1n) is 6.35. The average Bonchev–Trinajstić information content (AvgIpc) is 2.38. The summed E-state index contributed by atoms with van der Waals surface area (Å²) in [5, 5.41) is 4.67. The second-order valence-corrected chi connectivity index (χ2v) is 5.58. The Bertz CT molecular complexity index is 571. The van der Waals surface area contributed by atoms with Crippen molar-refractivity contribution in [3.63, 3.8) is 0 Å². The Morgan fingerprint density at radius 3 is 2.89 bits per heavy atom. The molecule has 4 heteroatoms. The number of nitrogens with one attached hydrogen (secondary N) is 1. The van der Waals surface area contributed by atoms with E-state index < -0.39 is 0 Å². The van der Waals surface area contributed by atoms with Crippen molar-refractivity contribution in [2.45, 2.75) is 19.9 Å². The molecule has 1 N–H and O–H groups in total. The number of hydrogen-bond donors (Lipinski definition) is 1. The molecule has 0 amide bonds. The van der Waals surface area contributed by atoms with E-state index in [4.69, 9.17) is 4.74 Å². The molecule has 0 aliphatic rings. The molecule has 1 unspecified atom stereocenters. The smallest absolute Gasteiger partial charge is 0.145 e. The molecule has 3 nitrogen and oxygen atoms in total. The third kappa shape index (κ3) is 3.13. The second kappa shape index (κ2) is 6.15. The number of pyridine rings is 1. The first-order chi connectivity index (χ1) is 9.15. The number of aromatic nitrogens is 1. The molecule has 1 aromatic carbocycles. The van der Waals surface area contributed by atoms with Gasteiger partial charge in [-0.05, 0) is 32.2 Å². The number of para-hydroxylation sites is 1. The molecule has 0 saturated heterocycles. The van der Waals surface area contributed by atoms with Gasteiger partial charge in [-0.1, -0.05) is 12.1 Å². The Morgan fingerprint density at radius 1 is 1.42 bits per heavy atom. The molecule has 2 aromatic rings. The number of ether oxygens (including phenoxy) is 1. The lowest BCUT2D eigenvalue weighted by atomic mass is 10.1. The van der Waals surface area contributed by atoms with Crippen molar-refractivity contribution in [2.24, 2.45) is 0 Å². The van der Waals surface area contributed by atoms with E-state index in [9.17, 15) is 0 Å². The summed E-state index contributed by atoms with van der Waals surface area (Å²) in [6.07, 6.45) is 2.12. The quantitative estimate of drug-likeness (QED) is 0.902. The zero-order chi connectivity index (χ0) is 13.8. The summed E-state index contributed by atoms with van der Waals surface area (Å²) in [6, 6.07) is 8.55. The highest BCUT2D eigenvalue weighted by atomic mass is 32.2. The van der Waals surface area contributed by atoms with E-state index in [2.05, 4.69) is 35.6 Å². The molecule has 0 radical (unpaired) electrons. The molecule has 1 aromatic heterocycles. The van der Waals surface area contributed by atoms with Crippen LogP contribution in [0.2, 0.25) is 0 Å². The van der Waals surface area contributed by atoms with Crippen LogP contribution in [-0.4, -0.2) is 30.1 Å². The maximum atomic E-state index is 5.40. The molecule has 0 aliphatic carbocycles. The summed E-state index contributed by atoms with van der Waals surface area (Å²) in [7, 11) is 1.68. The van der Waals surface area contributed by atoms with Gasteiger partial charge in [-0.3, -0.25) is 0 Å². The first kappa shape index (κ1) is 14.0. The van der Waals surface area contributed by atoms with Gasteiger partial charge in [0, 0.05) is 28.6 Å². The lowest BCUT2D eigenvalue weighted by Crippen LogP contribution is -2.18. The normalized spacial score (nSPS) is 12.4. The Morgan fingerprint density at radius 2 is 2.21 bits per heavy atom. The van der Waals surface area contributed by atoms with Crippen molar-refractivity contribution in [1.29, 1.82) is 0 Å². The summed E-state index contributed by atoms with van der Waals surface area (Å²) in [5.41, 5.74) is 3.04. The number of rotatable bonds is 5. The lowest BCUT2D eigenvalue weighted by molar-refractivity contribution is 0.419. The molecule has 0 saturated carbocycles. The fourth-order valence-electron chi connectivity index (χ4n) is 2.19. The number of benzene rings is 1.